The number of nitrogens with zero attached hydrogens (tertiary/aromatic N) is 1. The molecule has 1 aromatic carbocycles. The van der Waals surface area contributed by atoms with Crippen LogP contribution in [-0.4, -0.2) is 48.8 Å². The molecule has 1 aliphatic rings. The second-order valence-electron chi connectivity index (χ2n) is 5.27. The lowest BCUT2D eigenvalue weighted by Crippen LogP contribution is -2.34. The molecule has 116 valence electrons. The highest BCUT2D eigenvalue weighted by atomic mass is 16.5. The van der Waals surface area contributed by atoms with Crippen molar-refractivity contribution < 1.29 is 14.6 Å². The maximum Gasteiger partial charge on any atom is 0.225 e. The number of anilines is 2. The Balaban J connectivity index is 1.88. The van der Waals surface area contributed by atoms with Crippen LogP contribution in [0.2, 0.25) is 0 Å². The third-order valence-electron chi connectivity index (χ3n) is 3.83. The van der Waals surface area contributed by atoms with E-state index in [0.29, 0.717) is 30.1 Å². The monoisotopic (exact) mass is 293 g/mol. The second-order valence-corrected chi connectivity index (χ2v) is 5.27. The number of ether oxygens (including phenoxy) is 1. The molecule has 0 saturated carbocycles. The summed E-state index contributed by atoms with van der Waals surface area (Å²) in [5, 5.41) is 12.1. The quantitative estimate of drug-likeness (QED) is 0.683. The number of aliphatic hydroxyl groups is 1. The van der Waals surface area contributed by atoms with Gasteiger partial charge in [-0.05, 0) is 37.6 Å². The second kappa shape index (κ2) is 7.28. The van der Waals surface area contributed by atoms with Crippen molar-refractivity contribution in [3.05, 3.63) is 18.2 Å². The minimum Gasteiger partial charge on any atom is -0.495 e. The molecule has 1 unspecified atom stereocenters. The molecule has 0 aliphatic carbocycles. The number of carbonyl (C=O) groups is 1. The Hall–Kier alpha value is -1.79. The van der Waals surface area contributed by atoms with E-state index in [1.807, 2.05) is 0 Å². The molecular formula is C15H23N3O3. The standard InChI is InChI=1S/C15H23N3O3/c1-21-14-5-4-11(16)9-13(14)17-15(20)6-8-18-7-2-3-12(18)10-19/h4-5,9,12,19H,2-3,6-8,10,16H2,1H3,(H,17,20). The number of nitrogen functional groups attached to an aromatic ring is 1. The minimum atomic E-state index is -0.0810. The first-order chi connectivity index (χ1) is 10.1. The van der Waals surface area contributed by atoms with Crippen LogP contribution >= 0.6 is 0 Å². The van der Waals surface area contributed by atoms with Crippen LogP contribution in [0.15, 0.2) is 18.2 Å². The van der Waals surface area contributed by atoms with Crippen molar-refractivity contribution in [2.75, 3.05) is 37.9 Å². The number of nitrogens with one attached hydrogen (secondary N) is 1. The molecule has 0 spiro atoms. The van der Waals surface area contributed by atoms with Gasteiger partial charge in [0.25, 0.3) is 0 Å². The predicted octanol–water partition coefficient (Wildman–Crippen LogP) is 1.06. The van der Waals surface area contributed by atoms with Gasteiger partial charge in [-0.3, -0.25) is 9.69 Å². The number of aliphatic hydroxyl groups excluding tert-OH is 1. The molecule has 2 rings (SSSR count). The molecule has 1 amide bonds. The molecule has 1 atom stereocenters. The molecule has 6 nitrogen and oxygen atoms in total. The average Bonchev–Trinajstić information content (AvgIpc) is 2.93. The molecule has 1 saturated heterocycles. The molecule has 0 aromatic heterocycles. The smallest absolute Gasteiger partial charge is 0.225 e. The highest BCUT2D eigenvalue weighted by molar-refractivity contribution is 5.93. The summed E-state index contributed by atoms with van der Waals surface area (Å²) in [7, 11) is 1.55. The molecule has 6 heteroatoms. The summed E-state index contributed by atoms with van der Waals surface area (Å²) in [6, 6.07) is 5.33. The largest absolute Gasteiger partial charge is 0.495 e. The van der Waals surface area contributed by atoms with Crippen LogP contribution in [0.1, 0.15) is 19.3 Å². The average molecular weight is 293 g/mol. The number of carbonyl (C=O) groups excluding carboxylic acids is 1. The van der Waals surface area contributed by atoms with E-state index in [-0.39, 0.29) is 18.6 Å². The number of amides is 1. The third kappa shape index (κ3) is 4.09. The topological polar surface area (TPSA) is 87.8 Å². The minimum absolute atomic E-state index is 0.0810. The maximum absolute atomic E-state index is 12.0. The molecular weight excluding hydrogens is 270 g/mol. The van der Waals surface area contributed by atoms with Crippen molar-refractivity contribution >= 4 is 17.3 Å². The van der Waals surface area contributed by atoms with Gasteiger partial charge in [-0.15, -0.1) is 0 Å². The van der Waals surface area contributed by atoms with Gasteiger partial charge in [0.15, 0.2) is 0 Å². The van der Waals surface area contributed by atoms with E-state index in [2.05, 4.69) is 10.2 Å². The van der Waals surface area contributed by atoms with Gasteiger partial charge >= 0.3 is 0 Å². The van der Waals surface area contributed by atoms with Crippen LogP contribution in [0.25, 0.3) is 0 Å². The van der Waals surface area contributed by atoms with E-state index >= 15 is 0 Å². The fraction of sp³-hybridized carbons (Fsp3) is 0.533. The summed E-state index contributed by atoms with van der Waals surface area (Å²) in [5.41, 5.74) is 6.89. The van der Waals surface area contributed by atoms with Crippen molar-refractivity contribution in [3.8, 4) is 5.75 Å². The van der Waals surface area contributed by atoms with Gasteiger partial charge in [-0.25, -0.2) is 0 Å². The van der Waals surface area contributed by atoms with E-state index in [1.54, 1.807) is 25.3 Å². The first-order valence-electron chi connectivity index (χ1n) is 7.22. The number of likely N-dealkylation sites (tertiary alicyclic amines) is 1. The third-order valence-corrected chi connectivity index (χ3v) is 3.83. The van der Waals surface area contributed by atoms with Gasteiger partial charge in [0, 0.05) is 24.7 Å². The molecule has 1 fully saturated rings. The summed E-state index contributed by atoms with van der Waals surface area (Å²) in [4.78, 5) is 14.2. The highest BCUT2D eigenvalue weighted by Crippen LogP contribution is 2.26. The van der Waals surface area contributed by atoms with E-state index in [0.717, 1.165) is 19.4 Å². The van der Waals surface area contributed by atoms with Gasteiger partial charge in [-0.1, -0.05) is 0 Å². The fourth-order valence-corrected chi connectivity index (χ4v) is 2.68. The van der Waals surface area contributed by atoms with E-state index in [9.17, 15) is 9.90 Å². The lowest BCUT2D eigenvalue weighted by Gasteiger charge is -2.22. The summed E-state index contributed by atoms with van der Waals surface area (Å²) in [6.07, 6.45) is 2.46. The van der Waals surface area contributed by atoms with Crippen LogP contribution in [0, 0.1) is 0 Å². The maximum atomic E-state index is 12.0. The van der Waals surface area contributed by atoms with Gasteiger partial charge in [0.2, 0.25) is 5.91 Å². The zero-order valence-electron chi connectivity index (χ0n) is 12.3. The zero-order chi connectivity index (χ0) is 15.2. The molecule has 1 aliphatic heterocycles. The van der Waals surface area contributed by atoms with E-state index in [4.69, 9.17) is 10.5 Å². The van der Waals surface area contributed by atoms with Crippen LogP contribution in [-0.2, 0) is 4.79 Å². The Labute approximate surface area is 124 Å². The Bertz CT molecular complexity index is 493. The van der Waals surface area contributed by atoms with Crippen LogP contribution in [0.5, 0.6) is 5.75 Å². The Morgan fingerprint density at radius 2 is 2.38 bits per heavy atom. The number of nitrogens with two attached hydrogens (primary N) is 1. The number of methoxy groups -OCH3 is 1. The predicted molar refractivity (Wildman–Crippen MR) is 82.3 cm³/mol. The van der Waals surface area contributed by atoms with Gasteiger partial charge < -0.3 is 20.9 Å². The van der Waals surface area contributed by atoms with Crippen molar-refractivity contribution in [2.45, 2.75) is 25.3 Å². The van der Waals surface area contributed by atoms with Gasteiger partial charge in [0.1, 0.15) is 5.75 Å². The Morgan fingerprint density at radius 1 is 1.57 bits per heavy atom. The van der Waals surface area contributed by atoms with Crippen molar-refractivity contribution in [2.24, 2.45) is 0 Å². The lowest BCUT2D eigenvalue weighted by atomic mass is 10.2. The van der Waals surface area contributed by atoms with Gasteiger partial charge in [-0.2, -0.15) is 0 Å². The first kappa shape index (κ1) is 15.6. The van der Waals surface area contributed by atoms with Crippen LogP contribution in [0.3, 0.4) is 0 Å². The summed E-state index contributed by atoms with van der Waals surface area (Å²) < 4.78 is 5.20. The number of rotatable bonds is 6. The fourth-order valence-electron chi connectivity index (χ4n) is 2.68. The number of benzene rings is 1. The summed E-state index contributed by atoms with van der Waals surface area (Å²) in [6.45, 7) is 1.76. The first-order valence-corrected chi connectivity index (χ1v) is 7.22. The number of hydrogen-bond donors (Lipinski definition) is 3. The van der Waals surface area contributed by atoms with Gasteiger partial charge in [0.05, 0.1) is 19.4 Å². The van der Waals surface area contributed by atoms with Crippen LogP contribution in [0.4, 0.5) is 11.4 Å². The zero-order valence-corrected chi connectivity index (χ0v) is 12.3. The van der Waals surface area contributed by atoms with E-state index in [1.165, 1.54) is 0 Å². The van der Waals surface area contributed by atoms with E-state index < -0.39 is 0 Å². The normalized spacial score (nSPS) is 18.7. The number of hydrogen-bond acceptors (Lipinski definition) is 5. The molecule has 21 heavy (non-hydrogen) atoms. The lowest BCUT2D eigenvalue weighted by molar-refractivity contribution is -0.116. The van der Waals surface area contributed by atoms with Crippen molar-refractivity contribution in [1.82, 2.24) is 4.90 Å². The van der Waals surface area contributed by atoms with Crippen molar-refractivity contribution in [1.29, 1.82) is 0 Å². The Kier molecular flexibility index (Phi) is 5.41. The van der Waals surface area contributed by atoms with Crippen LogP contribution < -0.4 is 15.8 Å². The SMILES string of the molecule is COc1ccc(N)cc1NC(=O)CCN1CCCC1CO. The molecule has 0 bridgehead atoms. The molecule has 0 radical (unpaired) electrons. The molecule has 1 aromatic rings. The summed E-state index contributed by atoms with van der Waals surface area (Å²) >= 11 is 0. The molecule has 4 N–H and O–H groups in total. The summed E-state index contributed by atoms with van der Waals surface area (Å²) in [5.74, 6) is 0.509. The Morgan fingerprint density at radius 3 is 3.10 bits per heavy atom. The molecule has 1 heterocycles. The highest BCUT2D eigenvalue weighted by Gasteiger charge is 2.23. The van der Waals surface area contributed by atoms with Crippen molar-refractivity contribution in [3.63, 3.8) is 0 Å².